The lowest BCUT2D eigenvalue weighted by atomic mass is 10.1. The number of halogens is 1. The monoisotopic (exact) mass is 549 g/mol. The van der Waals surface area contributed by atoms with Crippen molar-refractivity contribution in [3.8, 4) is 5.75 Å². The third-order valence-corrected chi connectivity index (χ3v) is 7.85. The van der Waals surface area contributed by atoms with Gasteiger partial charge >= 0.3 is 0 Å². The van der Waals surface area contributed by atoms with Gasteiger partial charge in [0.15, 0.2) is 0 Å². The van der Waals surface area contributed by atoms with Crippen LogP contribution in [0.15, 0.2) is 48.5 Å². The van der Waals surface area contributed by atoms with Crippen molar-refractivity contribution in [1.29, 1.82) is 0 Å². The van der Waals surface area contributed by atoms with Crippen molar-refractivity contribution in [2.24, 2.45) is 0 Å². The molecule has 1 aliphatic rings. The van der Waals surface area contributed by atoms with Crippen molar-refractivity contribution in [3.05, 3.63) is 59.1 Å². The number of nitrogens with zero attached hydrogens (tertiary/aromatic N) is 2. The fourth-order valence-electron chi connectivity index (χ4n) is 4.61. The van der Waals surface area contributed by atoms with E-state index in [2.05, 4.69) is 5.32 Å². The van der Waals surface area contributed by atoms with Crippen molar-refractivity contribution < 1.29 is 22.7 Å². The standard InChI is InChI=1S/C27H36ClN3O5S/c1-4-23(27(33)29-22-10-6-7-11-22)30(18-20-14-16-21(28)17-15-20)26(32)19-31(37(3,34)35)24-12-8-9-13-25(24)36-5-2/h8-9,12-17,22-23H,4-7,10-11,18-19H2,1-3H3,(H,29,33)/t23-/m1/s1. The largest absolute Gasteiger partial charge is 0.492 e. The van der Waals surface area contributed by atoms with E-state index in [-0.39, 0.29) is 24.2 Å². The van der Waals surface area contributed by atoms with Crippen LogP contribution in [0.1, 0.15) is 51.5 Å². The molecule has 8 nitrogen and oxygen atoms in total. The van der Waals surface area contributed by atoms with Gasteiger partial charge in [0.05, 0.1) is 18.6 Å². The molecule has 0 aromatic heterocycles. The van der Waals surface area contributed by atoms with Gasteiger partial charge in [0.2, 0.25) is 21.8 Å². The topological polar surface area (TPSA) is 96.0 Å². The normalized spacial score (nSPS) is 14.7. The minimum Gasteiger partial charge on any atom is -0.492 e. The highest BCUT2D eigenvalue weighted by atomic mass is 35.5. The van der Waals surface area contributed by atoms with Crippen LogP contribution in [0.4, 0.5) is 5.69 Å². The lowest BCUT2D eigenvalue weighted by Crippen LogP contribution is -2.53. The number of hydrogen-bond acceptors (Lipinski definition) is 5. The molecule has 10 heteroatoms. The highest BCUT2D eigenvalue weighted by molar-refractivity contribution is 7.92. The number of sulfonamides is 1. The highest BCUT2D eigenvalue weighted by Crippen LogP contribution is 2.30. The van der Waals surface area contributed by atoms with Gasteiger partial charge in [-0.15, -0.1) is 0 Å². The van der Waals surface area contributed by atoms with Gasteiger partial charge in [0, 0.05) is 17.6 Å². The van der Waals surface area contributed by atoms with Crippen molar-refractivity contribution in [1.82, 2.24) is 10.2 Å². The number of carbonyl (C=O) groups excluding carboxylic acids is 2. The highest BCUT2D eigenvalue weighted by Gasteiger charge is 2.33. The molecule has 1 saturated carbocycles. The second-order valence-corrected chi connectivity index (χ2v) is 11.6. The van der Waals surface area contributed by atoms with E-state index >= 15 is 0 Å². The van der Waals surface area contributed by atoms with Crippen LogP contribution in [0.25, 0.3) is 0 Å². The maximum atomic E-state index is 13.8. The quantitative estimate of drug-likeness (QED) is 0.424. The molecule has 0 aliphatic heterocycles. The first-order valence-corrected chi connectivity index (χ1v) is 14.9. The summed E-state index contributed by atoms with van der Waals surface area (Å²) in [6.45, 7) is 3.65. The predicted octanol–water partition coefficient (Wildman–Crippen LogP) is 4.37. The lowest BCUT2D eigenvalue weighted by Gasteiger charge is -2.33. The minimum absolute atomic E-state index is 0.0969. The van der Waals surface area contributed by atoms with Crippen LogP contribution >= 0.6 is 11.6 Å². The van der Waals surface area contributed by atoms with E-state index < -0.39 is 28.5 Å². The van der Waals surface area contributed by atoms with Crippen LogP contribution < -0.4 is 14.4 Å². The van der Waals surface area contributed by atoms with E-state index in [9.17, 15) is 18.0 Å². The average Bonchev–Trinajstić information content (AvgIpc) is 3.36. The Labute approximate surface area is 225 Å². The molecule has 2 aromatic rings. The molecule has 1 fully saturated rings. The number of anilines is 1. The first-order valence-electron chi connectivity index (χ1n) is 12.7. The summed E-state index contributed by atoms with van der Waals surface area (Å²) in [6, 6.07) is 13.1. The van der Waals surface area contributed by atoms with E-state index in [1.807, 2.05) is 6.92 Å². The summed E-state index contributed by atoms with van der Waals surface area (Å²) in [6.07, 6.45) is 5.41. The van der Waals surface area contributed by atoms with Crippen LogP contribution in [-0.2, 0) is 26.2 Å². The van der Waals surface area contributed by atoms with Crippen molar-refractivity contribution in [2.45, 2.75) is 64.6 Å². The fourth-order valence-corrected chi connectivity index (χ4v) is 5.59. The SMILES string of the molecule is CCOc1ccccc1N(CC(=O)N(Cc1ccc(Cl)cc1)[C@H](CC)C(=O)NC1CCCC1)S(C)(=O)=O. The molecule has 1 aliphatic carbocycles. The zero-order valence-electron chi connectivity index (χ0n) is 21.7. The Morgan fingerprint density at radius 3 is 2.32 bits per heavy atom. The summed E-state index contributed by atoms with van der Waals surface area (Å²) in [5.74, 6) is -0.351. The van der Waals surface area contributed by atoms with E-state index in [1.165, 1.54) is 4.90 Å². The molecule has 1 N–H and O–H groups in total. The number of nitrogens with one attached hydrogen (secondary N) is 1. The number of rotatable bonds is 12. The van der Waals surface area contributed by atoms with Crippen LogP contribution in [0, 0.1) is 0 Å². The Morgan fingerprint density at radius 1 is 1.08 bits per heavy atom. The second-order valence-electron chi connectivity index (χ2n) is 9.23. The molecule has 0 unspecified atom stereocenters. The van der Waals surface area contributed by atoms with Gasteiger partial charge in [0.25, 0.3) is 0 Å². The molecule has 1 atom stereocenters. The van der Waals surface area contributed by atoms with Crippen LogP contribution in [0.2, 0.25) is 5.02 Å². The Kier molecular flexibility index (Phi) is 10.2. The van der Waals surface area contributed by atoms with Gasteiger partial charge < -0.3 is 15.0 Å². The van der Waals surface area contributed by atoms with Gasteiger partial charge in [-0.05, 0) is 56.0 Å². The minimum atomic E-state index is -3.85. The zero-order valence-corrected chi connectivity index (χ0v) is 23.2. The Bertz CT molecular complexity index is 1170. The third kappa shape index (κ3) is 7.85. The molecule has 2 aromatic carbocycles. The summed E-state index contributed by atoms with van der Waals surface area (Å²) in [5.41, 5.74) is 1.06. The third-order valence-electron chi connectivity index (χ3n) is 6.47. The van der Waals surface area contributed by atoms with Gasteiger partial charge in [-0.25, -0.2) is 8.42 Å². The molecule has 37 heavy (non-hydrogen) atoms. The molecule has 0 spiro atoms. The first-order chi connectivity index (χ1) is 17.6. The average molecular weight is 550 g/mol. The smallest absolute Gasteiger partial charge is 0.244 e. The number of ether oxygens (including phenoxy) is 1. The molecule has 0 radical (unpaired) electrons. The first kappa shape index (κ1) is 28.8. The number of para-hydroxylation sites is 2. The molecular weight excluding hydrogens is 514 g/mol. The van der Waals surface area contributed by atoms with Crippen LogP contribution in [-0.4, -0.2) is 56.6 Å². The van der Waals surface area contributed by atoms with Crippen molar-refractivity contribution in [3.63, 3.8) is 0 Å². The summed E-state index contributed by atoms with van der Waals surface area (Å²) >= 11 is 6.04. The Hall–Kier alpha value is -2.78. The van der Waals surface area contributed by atoms with Gasteiger partial charge in [-0.2, -0.15) is 0 Å². The summed E-state index contributed by atoms with van der Waals surface area (Å²) in [4.78, 5) is 28.6. The number of benzene rings is 2. The second kappa shape index (κ2) is 13.1. The molecule has 0 bridgehead atoms. The van der Waals surface area contributed by atoms with E-state index in [0.717, 1.165) is 41.8 Å². The van der Waals surface area contributed by atoms with Gasteiger partial charge in [-0.1, -0.05) is 55.6 Å². The Balaban J connectivity index is 1.94. The number of carbonyl (C=O) groups is 2. The van der Waals surface area contributed by atoms with Gasteiger partial charge in [0.1, 0.15) is 18.3 Å². The molecule has 2 amide bonds. The van der Waals surface area contributed by atoms with Crippen molar-refractivity contribution >= 4 is 39.1 Å². The molecule has 0 saturated heterocycles. The lowest BCUT2D eigenvalue weighted by molar-refractivity contribution is -0.140. The molecule has 0 heterocycles. The summed E-state index contributed by atoms with van der Waals surface area (Å²) in [7, 11) is -3.85. The molecular formula is C27H36ClN3O5S. The van der Waals surface area contributed by atoms with E-state index in [0.29, 0.717) is 23.8 Å². The van der Waals surface area contributed by atoms with Crippen molar-refractivity contribution in [2.75, 3.05) is 23.7 Å². The van der Waals surface area contributed by atoms with Crippen LogP contribution in [0.3, 0.4) is 0 Å². The van der Waals surface area contributed by atoms with Gasteiger partial charge in [-0.3, -0.25) is 13.9 Å². The summed E-state index contributed by atoms with van der Waals surface area (Å²) in [5, 5.41) is 3.65. The maximum absolute atomic E-state index is 13.8. The fraction of sp³-hybridized carbons (Fsp3) is 0.481. The predicted molar refractivity (Wildman–Crippen MR) is 146 cm³/mol. The summed E-state index contributed by atoms with van der Waals surface area (Å²) < 4.78 is 32.4. The maximum Gasteiger partial charge on any atom is 0.244 e. The molecule has 3 rings (SSSR count). The number of amides is 2. The van der Waals surface area contributed by atoms with Crippen LogP contribution in [0.5, 0.6) is 5.75 Å². The van der Waals surface area contributed by atoms with E-state index in [1.54, 1.807) is 55.5 Å². The number of hydrogen-bond donors (Lipinski definition) is 1. The Morgan fingerprint density at radius 2 is 1.73 bits per heavy atom. The zero-order chi connectivity index (χ0) is 27.0. The molecule has 202 valence electrons. The van der Waals surface area contributed by atoms with E-state index in [4.69, 9.17) is 16.3 Å².